The molecule has 0 spiro atoms. The van der Waals surface area contributed by atoms with Gasteiger partial charge in [0.2, 0.25) is 4.77 Å². The van der Waals surface area contributed by atoms with Gasteiger partial charge in [-0.3, -0.25) is 10.00 Å². The number of likely N-dealkylation sites (N-methyl/N-ethyl adjacent to an activating group) is 1. The summed E-state index contributed by atoms with van der Waals surface area (Å²) in [5, 5.41) is 3.34. The Kier molecular flexibility index (Phi) is 5.81. The van der Waals surface area contributed by atoms with Crippen molar-refractivity contribution in [3.05, 3.63) is 82.4 Å². The maximum Gasteiger partial charge on any atom is 0.217 e. The SMILES string of the molecule is CN1CCN(Cn2[nH]c(/C=C/c3ccccc3)nc2=S)C(c2ccccc2)C1. The molecule has 0 radical (unpaired) electrons. The van der Waals surface area contributed by atoms with Crippen LogP contribution in [0, 0.1) is 4.77 Å². The number of aromatic nitrogens is 3. The lowest BCUT2D eigenvalue weighted by Gasteiger charge is -2.40. The van der Waals surface area contributed by atoms with Crippen LogP contribution in [0.25, 0.3) is 12.2 Å². The molecule has 1 N–H and O–H groups in total. The molecule has 2 heterocycles. The van der Waals surface area contributed by atoms with Crippen LogP contribution in [-0.4, -0.2) is 51.2 Å². The van der Waals surface area contributed by atoms with Gasteiger partial charge in [0.05, 0.1) is 6.67 Å². The molecule has 5 nitrogen and oxygen atoms in total. The maximum absolute atomic E-state index is 5.50. The summed E-state index contributed by atoms with van der Waals surface area (Å²) in [6.07, 6.45) is 4.01. The highest BCUT2D eigenvalue weighted by molar-refractivity contribution is 7.71. The van der Waals surface area contributed by atoms with Gasteiger partial charge in [-0.1, -0.05) is 66.7 Å². The van der Waals surface area contributed by atoms with E-state index in [1.807, 2.05) is 35.0 Å². The molecule has 6 heteroatoms. The molecule has 1 aliphatic rings. The normalized spacial score (nSPS) is 18.7. The Bertz CT molecular complexity index is 977. The summed E-state index contributed by atoms with van der Waals surface area (Å²) in [4.78, 5) is 9.35. The van der Waals surface area contributed by atoms with Gasteiger partial charge in [0, 0.05) is 25.7 Å². The Morgan fingerprint density at radius 1 is 1.04 bits per heavy atom. The van der Waals surface area contributed by atoms with Gasteiger partial charge < -0.3 is 4.90 Å². The number of nitrogens with zero attached hydrogens (tertiary/aromatic N) is 4. The fourth-order valence-electron chi connectivity index (χ4n) is 3.58. The van der Waals surface area contributed by atoms with Gasteiger partial charge in [-0.05, 0) is 36.5 Å². The predicted molar refractivity (Wildman–Crippen MR) is 116 cm³/mol. The Labute approximate surface area is 170 Å². The van der Waals surface area contributed by atoms with Crippen LogP contribution in [0.3, 0.4) is 0 Å². The Balaban J connectivity index is 1.52. The predicted octanol–water partition coefficient (Wildman–Crippen LogP) is 4.06. The van der Waals surface area contributed by atoms with Gasteiger partial charge >= 0.3 is 0 Å². The van der Waals surface area contributed by atoms with Crippen LogP contribution in [-0.2, 0) is 6.67 Å². The van der Waals surface area contributed by atoms with Crippen LogP contribution in [0.2, 0.25) is 0 Å². The molecule has 0 bridgehead atoms. The number of nitrogens with one attached hydrogen (secondary N) is 1. The fourth-order valence-corrected chi connectivity index (χ4v) is 3.79. The Hall–Kier alpha value is -2.54. The standard InChI is InChI=1S/C22H25N5S/c1-25-14-15-26(20(16-25)19-10-6-3-7-11-19)17-27-22(28)23-21(24-27)13-12-18-8-4-2-5-9-18/h2-13,20H,14-17H2,1H3,(H,23,24,28)/b13-12+. The molecule has 28 heavy (non-hydrogen) atoms. The second-order valence-electron chi connectivity index (χ2n) is 7.21. The molecule has 1 aliphatic heterocycles. The largest absolute Gasteiger partial charge is 0.303 e. The van der Waals surface area contributed by atoms with E-state index in [1.54, 1.807) is 0 Å². The highest BCUT2D eigenvalue weighted by Gasteiger charge is 2.27. The van der Waals surface area contributed by atoms with Crippen LogP contribution in [0.1, 0.15) is 23.0 Å². The van der Waals surface area contributed by atoms with Crippen LogP contribution < -0.4 is 0 Å². The van der Waals surface area contributed by atoms with E-state index in [9.17, 15) is 0 Å². The quantitative estimate of drug-likeness (QED) is 0.666. The molecule has 1 aromatic heterocycles. The van der Waals surface area contributed by atoms with Crippen molar-refractivity contribution in [3.63, 3.8) is 0 Å². The van der Waals surface area contributed by atoms with Crippen molar-refractivity contribution in [2.75, 3.05) is 26.7 Å². The van der Waals surface area contributed by atoms with Crippen LogP contribution in [0.5, 0.6) is 0 Å². The van der Waals surface area contributed by atoms with Crippen molar-refractivity contribution in [2.45, 2.75) is 12.7 Å². The van der Waals surface area contributed by atoms with E-state index in [4.69, 9.17) is 12.2 Å². The summed E-state index contributed by atoms with van der Waals surface area (Å²) >= 11 is 5.50. The topological polar surface area (TPSA) is 40.1 Å². The number of aromatic amines is 1. The number of hydrogen-bond donors (Lipinski definition) is 1. The van der Waals surface area contributed by atoms with Gasteiger partial charge in [0.15, 0.2) is 0 Å². The Morgan fingerprint density at radius 2 is 1.75 bits per heavy atom. The van der Waals surface area contributed by atoms with Gasteiger partial charge in [-0.15, -0.1) is 0 Å². The lowest BCUT2D eigenvalue weighted by molar-refractivity contribution is 0.0583. The zero-order valence-electron chi connectivity index (χ0n) is 16.0. The van der Waals surface area contributed by atoms with Crippen molar-refractivity contribution < 1.29 is 0 Å². The van der Waals surface area contributed by atoms with E-state index in [-0.39, 0.29) is 0 Å². The van der Waals surface area contributed by atoms with Gasteiger partial charge in [-0.2, -0.15) is 4.98 Å². The first kappa shape index (κ1) is 18.8. The molecule has 0 saturated carbocycles. The summed E-state index contributed by atoms with van der Waals surface area (Å²) in [6.45, 7) is 3.75. The number of benzene rings is 2. The molecule has 1 atom stereocenters. The molecule has 0 aliphatic carbocycles. The van der Waals surface area contributed by atoms with Gasteiger partial charge in [0.25, 0.3) is 0 Å². The van der Waals surface area contributed by atoms with Crippen molar-refractivity contribution in [2.24, 2.45) is 0 Å². The summed E-state index contributed by atoms with van der Waals surface area (Å²) in [5.74, 6) is 0.777. The molecule has 0 amide bonds. The summed E-state index contributed by atoms with van der Waals surface area (Å²) in [5.41, 5.74) is 2.48. The molecule has 3 aromatic rings. The first-order chi connectivity index (χ1) is 13.7. The average molecular weight is 392 g/mol. The van der Waals surface area contributed by atoms with Gasteiger partial charge in [-0.25, -0.2) is 4.68 Å². The minimum atomic E-state index is 0.341. The van der Waals surface area contributed by atoms with Crippen molar-refractivity contribution in [1.82, 2.24) is 24.6 Å². The third-order valence-corrected chi connectivity index (χ3v) is 5.44. The molecule has 1 unspecified atom stereocenters. The van der Waals surface area contributed by atoms with E-state index in [0.717, 1.165) is 31.0 Å². The van der Waals surface area contributed by atoms with Crippen molar-refractivity contribution in [1.29, 1.82) is 0 Å². The molecule has 144 valence electrons. The van der Waals surface area contributed by atoms with E-state index in [2.05, 4.69) is 69.4 Å². The second-order valence-corrected chi connectivity index (χ2v) is 7.57. The fraction of sp³-hybridized carbons (Fsp3) is 0.273. The average Bonchev–Trinajstić information content (AvgIpc) is 3.08. The van der Waals surface area contributed by atoms with E-state index >= 15 is 0 Å². The summed E-state index contributed by atoms with van der Waals surface area (Å²) in [7, 11) is 2.18. The smallest absolute Gasteiger partial charge is 0.217 e. The lowest BCUT2D eigenvalue weighted by Crippen LogP contribution is -2.47. The maximum atomic E-state index is 5.50. The first-order valence-corrected chi connectivity index (χ1v) is 9.97. The minimum Gasteiger partial charge on any atom is -0.303 e. The number of H-pyrrole nitrogens is 1. The monoisotopic (exact) mass is 391 g/mol. The molecule has 2 aromatic carbocycles. The van der Waals surface area contributed by atoms with Crippen LogP contribution in [0.4, 0.5) is 0 Å². The molecule has 1 fully saturated rings. The third kappa shape index (κ3) is 4.47. The Morgan fingerprint density at radius 3 is 2.50 bits per heavy atom. The number of hydrogen-bond acceptors (Lipinski definition) is 4. The molecule has 4 rings (SSSR count). The van der Waals surface area contributed by atoms with Crippen molar-refractivity contribution >= 4 is 24.4 Å². The van der Waals surface area contributed by atoms with E-state index < -0.39 is 0 Å². The highest BCUT2D eigenvalue weighted by atomic mass is 32.1. The van der Waals surface area contributed by atoms with Crippen LogP contribution >= 0.6 is 12.2 Å². The zero-order valence-corrected chi connectivity index (χ0v) is 16.8. The summed E-state index contributed by atoms with van der Waals surface area (Å²) in [6, 6.07) is 21.2. The first-order valence-electron chi connectivity index (χ1n) is 9.56. The second kappa shape index (κ2) is 8.65. The van der Waals surface area contributed by atoms with Crippen LogP contribution in [0.15, 0.2) is 60.7 Å². The van der Waals surface area contributed by atoms with Gasteiger partial charge in [0.1, 0.15) is 5.82 Å². The molecular weight excluding hydrogens is 366 g/mol. The van der Waals surface area contributed by atoms with E-state index in [0.29, 0.717) is 17.5 Å². The molecule has 1 saturated heterocycles. The summed E-state index contributed by atoms with van der Waals surface area (Å²) < 4.78 is 2.54. The van der Waals surface area contributed by atoms with E-state index in [1.165, 1.54) is 5.56 Å². The zero-order chi connectivity index (χ0) is 19.3. The minimum absolute atomic E-state index is 0.341. The number of rotatable bonds is 5. The number of piperazine rings is 1. The molecular formula is C22H25N5S. The lowest BCUT2D eigenvalue weighted by atomic mass is 10.0. The highest BCUT2D eigenvalue weighted by Crippen LogP contribution is 2.25. The van der Waals surface area contributed by atoms with Crippen molar-refractivity contribution in [3.8, 4) is 0 Å². The third-order valence-electron chi connectivity index (χ3n) is 5.13.